The number of carbonyl (C=O) groups excluding carboxylic acids is 6. The van der Waals surface area contributed by atoms with E-state index < -0.39 is 122 Å². The van der Waals surface area contributed by atoms with Gasteiger partial charge in [-0.15, -0.1) is 0 Å². The zero-order chi connectivity index (χ0) is 34.4. The molecule has 0 saturated carbocycles. The van der Waals surface area contributed by atoms with E-state index in [1.807, 2.05) is 0 Å². The molecule has 0 aliphatic carbocycles. The lowest BCUT2D eigenvalue weighted by Gasteiger charge is -2.32. The summed E-state index contributed by atoms with van der Waals surface area (Å²) in [5.74, 6) is -19.5. The van der Waals surface area contributed by atoms with Gasteiger partial charge >= 0.3 is 24.2 Å². The molecule has 2 saturated heterocycles. The number of nitrogens with zero attached hydrogens (tertiary/aromatic N) is 4. The van der Waals surface area contributed by atoms with E-state index in [1.54, 1.807) is 0 Å². The first kappa shape index (κ1) is 36.7. The molecule has 1 unspecified atom stereocenters. The van der Waals surface area contributed by atoms with Gasteiger partial charge in [-0.1, -0.05) is 0 Å². The number of urea groups is 2. The third-order valence-corrected chi connectivity index (χ3v) is 4.53. The van der Waals surface area contributed by atoms with E-state index in [1.165, 1.54) is 0 Å². The minimum atomic E-state index is -3.31. The van der Waals surface area contributed by atoms with E-state index >= 15 is 0 Å². The molecule has 24 heteroatoms. The van der Waals surface area contributed by atoms with Crippen LogP contribution in [0.25, 0.3) is 0 Å². The Morgan fingerprint density at radius 3 is 1.18 bits per heavy atom. The quantitative estimate of drug-likeness (QED) is 0.199. The van der Waals surface area contributed by atoms with Crippen molar-refractivity contribution in [2.24, 2.45) is 11.8 Å². The van der Waals surface area contributed by atoms with Gasteiger partial charge in [0.05, 0.1) is 18.6 Å². The number of rotatable bonds is 6. The van der Waals surface area contributed by atoms with Gasteiger partial charge in [0.25, 0.3) is 53.9 Å². The first-order valence-corrected chi connectivity index (χ1v) is 10.1. The maximum absolute atomic E-state index is 13.2. The van der Waals surface area contributed by atoms with Gasteiger partial charge in [0.1, 0.15) is 5.92 Å². The summed E-state index contributed by atoms with van der Waals surface area (Å²) in [4.78, 5) is 66.2. The van der Waals surface area contributed by atoms with E-state index in [0.717, 1.165) is 0 Å². The smallest absolute Gasteiger partial charge is 0.273 e. The monoisotopic (exact) mass is 664 g/mol. The van der Waals surface area contributed by atoms with Crippen molar-refractivity contribution < 1.29 is 90.2 Å². The molecule has 0 N–H and O–H groups in total. The summed E-state index contributed by atoms with van der Waals surface area (Å²) >= 11 is 0. The highest BCUT2D eigenvalue weighted by atomic mass is 19.3. The summed E-state index contributed by atoms with van der Waals surface area (Å²) in [7, 11) is 0. The predicted octanol–water partition coefficient (Wildman–Crippen LogP) is 5.89. The second kappa shape index (κ2) is 14.7. The van der Waals surface area contributed by atoms with Gasteiger partial charge in [-0.3, -0.25) is 19.2 Å². The molecule has 2 aliphatic heterocycles. The standard InChI is InChI=1S/C10H2F8N2O3.C10H4F6N2O3/c11-2(12)1-19-8(21)3(4(13)5(14)15)9(22)20(10(19)23)7(18)6(16)17;11-5(12)1-4-8(19)17(2-6(13)14)10(21)18(9(4)20)3-7(15)16/h1,3H;1-4H. The molecule has 2 rings (SSSR count). The minimum absolute atomic E-state index is 0.231. The second-order valence-electron chi connectivity index (χ2n) is 7.15. The van der Waals surface area contributed by atoms with Crippen LogP contribution in [0.4, 0.5) is 71.1 Å². The van der Waals surface area contributed by atoms with E-state index in [-0.39, 0.29) is 18.5 Å². The fourth-order valence-corrected chi connectivity index (χ4v) is 2.89. The Hall–Kier alpha value is -5.32. The van der Waals surface area contributed by atoms with Gasteiger partial charge in [-0.25, -0.2) is 28.7 Å². The van der Waals surface area contributed by atoms with Crippen molar-refractivity contribution in [1.82, 2.24) is 19.6 Å². The van der Waals surface area contributed by atoms with E-state index in [9.17, 15) is 90.2 Å². The van der Waals surface area contributed by atoms with Crippen LogP contribution in [-0.4, -0.2) is 55.3 Å². The molecule has 0 aromatic carbocycles. The Labute approximate surface area is 231 Å². The molecule has 0 bridgehead atoms. The van der Waals surface area contributed by atoms with Crippen molar-refractivity contribution in [1.29, 1.82) is 0 Å². The third kappa shape index (κ3) is 8.37. The van der Waals surface area contributed by atoms with Gasteiger partial charge in [0.15, 0.2) is 11.7 Å². The van der Waals surface area contributed by atoms with E-state index in [2.05, 4.69) is 0 Å². The molecule has 240 valence electrons. The Kier molecular flexibility index (Phi) is 12.3. The molecule has 2 aliphatic rings. The summed E-state index contributed by atoms with van der Waals surface area (Å²) in [6, 6.07) is -4.20. The highest BCUT2D eigenvalue weighted by molar-refractivity contribution is 6.19. The molecule has 0 radical (unpaired) electrons. The van der Waals surface area contributed by atoms with E-state index in [0.29, 0.717) is 0 Å². The van der Waals surface area contributed by atoms with Crippen LogP contribution < -0.4 is 0 Å². The van der Waals surface area contributed by atoms with Gasteiger partial charge in [0, 0.05) is 6.08 Å². The molecular formula is C20H6F14N4O6. The number of imide groups is 4. The largest absolute Gasteiger partial charge is 0.344 e. The average Bonchev–Trinajstić information content (AvgIpc) is 2.89. The number of halogens is 14. The van der Waals surface area contributed by atoms with Gasteiger partial charge in [-0.2, -0.15) is 62.0 Å². The molecule has 10 nitrogen and oxygen atoms in total. The maximum atomic E-state index is 13.2. The summed E-state index contributed by atoms with van der Waals surface area (Å²) in [5.41, 5.74) is 0. The van der Waals surface area contributed by atoms with Crippen molar-refractivity contribution in [3.05, 3.63) is 72.9 Å². The van der Waals surface area contributed by atoms with Crippen molar-refractivity contribution in [3.63, 3.8) is 0 Å². The molecule has 0 aromatic heterocycles. The molecule has 2 fully saturated rings. The minimum Gasteiger partial charge on any atom is -0.273 e. The Morgan fingerprint density at radius 1 is 0.477 bits per heavy atom. The molecule has 2 heterocycles. The van der Waals surface area contributed by atoms with Gasteiger partial charge in [0.2, 0.25) is 0 Å². The summed E-state index contributed by atoms with van der Waals surface area (Å²) in [5, 5.41) is 0. The zero-order valence-electron chi connectivity index (χ0n) is 20.0. The molecular weight excluding hydrogens is 658 g/mol. The first-order chi connectivity index (χ1) is 20.1. The Balaban J connectivity index is 0.000000442. The zero-order valence-corrected chi connectivity index (χ0v) is 20.0. The number of carbonyl (C=O) groups is 6. The molecule has 8 amide bonds. The van der Waals surface area contributed by atoms with Crippen molar-refractivity contribution in [2.75, 3.05) is 0 Å². The molecule has 0 spiro atoms. The third-order valence-electron chi connectivity index (χ3n) is 4.53. The van der Waals surface area contributed by atoms with Crippen LogP contribution in [0.3, 0.4) is 0 Å². The topological polar surface area (TPSA) is 115 Å². The fourth-order valence-electron chi connectivity index (χ4n) is 2.89. The Bertz CT molecular complexity index is 1300. The SMILES string of the molecule is O=C1C(C(F)=C(F)F)C(=O)N(C(F)=C(F)F)C(=O)N1C=C(F)F.O=C1C(C=C(F)F)C(=O)N(C=C(F)F)C(=O)N1C=C(F)F. The highest BCUT2D eigenvalue weighted by Gasteiger charge is 2.51. The molecule has 0 aromatic rings. The lowest BCUT2D eigenvalue weighted by atomic mass is 10.0. The average molecular weight is 664 g/mol. The van der Waals surface area contributed by atoms with Crippen LogP contribution in [0.15, 0.2) is 72.9 Å². The van der Waals surface area contributed by atoms with Crippen LogP contribution in [0.5, 0.6) is 0 Å². The lowest BCUT2D eigenvalue weighted by Crippen LogP contribution is -2.57. The summed E-state index contributed by atoms with van der Waals surface area (Å²) in [6.45, 7) is 0. The summed E-state index contributed by atoms with van der Waals surface area (Å²) < 4.78 is 172. The highest BCUT2D eigenvalue weighted by Crippen LogP contribution is 2.32. The lowest BCUT2D eigenvalue weighted by molar-refractivity contribution is -0.147. The first-order valence-electron chi connectivity index (χ1n) is 10.1. The van der Waals surface area contributed by atoms with E-state index in [4.69, 9.17) is 0 Å². The van der Waals surface area contributed by atoms with Crippen LogP contribution in [0.1, 0.15) is 0 Å². The van der Waals surface area contributed by atoms with Crippen molar-refractivity contribution in [3.8, 4) is 0 Å². The normalized spacial score (nSPS) is 17.1. The van der Waals surface area contributed by atoms with Crippen LogP contribution in [0.2, 0.25) is 0 Å². The van der Waals surface area contributed by atoms with Crippen LogP contribution in [0, 0.1) is 11.8 Å². The van der Waals surface area contributed by atoms with Crippen LogP contribution in [-0.2, 0) is 19.2 Å². The fraction of sp³-hybridized carbons (Fsp3) is 0.100. The number of amides is 8. The van der Waals surface area contributed by atoms with Crippen molar-refractivity contribution >= 4 is 35.7 Å². The van der Waals surface area contributed by atoms with Gasteiger partial charge in [-0.05, 0) is 0 Å². The molecule has 1 atom stereocenters. The van der Waals surface area contributed by atoms with Gasteiger partial charge < -0.3 is 0 Å². The number of hydrogen-bond donors (Lipinski definition) is 0. The van der Waals surface area contributed by atoms with Crippen molar-refractivity contribution in [2.45, 2.75) is 0 Å². The second-order valence-corrected chi connectivity index (χ2v) is 7.15. The predicted molar refractivity (Wildman–Crippen MR) is 107 cm³/mol. The Morgan fingerprint density at radius 2 is 0.864 bits per heavy atom. The summed E-state index contributed by atoms with van der Waals surface area (Å²) in [6.07, 6.45) is -18.7. The number of hydrogen-bond acceptors (Lipinski definition) is 6. The maximum Gasteiger partial charge on any atom is 0.344 e. The van der Waals surface area contributed by atoms with Crippen LogP contribution >= 0.6 is 0 Å². The molecule has 44 heavy (non-hydrogen) atoms. The number of barbiturate groups is 2.